The monoisotopic (exact) mass is 368 g/mol. The number of hydrogen-bond donors (Lipinski definition) is 1. The fraction of sp³-hybridized carbons (Fsp3) is 0.238. The van der Waals surface area contributed by atoms with Crippen LogP contribution in [0.5, 0.6) is 11.6 Å². The summed E-state index contributed by atoms with van der Waals surface area (Å²) in [6, 6.07) is 9.54. The second kappa shape index (κ2) is 7.44. The lowest BCUT2D eigenvalue weighted by molar-refractivity contribution is 0.277. The van der Waals surface area contributed by atoms with Crippen molar-refractivity contribution in [3.63, 3.8) is 0 Å². The molecule has 5 heteroatoms. The summed E-state index contributed by atoms with van der Waals surface area (Å²) in [7, 11) is 0. The molecule has 0 aliphatic carbocycles. The quantitative estimate of drug-likeness (QED) is 0.677. The number of benzene rings is 1. The van der Waals surface area contributed by atoms with E-state index in [0.717, 1.165) is 39.3 Å². The van der Waals surface area contributed by atoms with Gasteiger partial charge in [-0.05, 0) is 68.7 Å². The Balaban J connectivity index is 2.12. The van der Waals surface area contributed by atoms with E-state index >= 15 is 0 Å². The molecule has 1 aromatic carbocycles. The Kier molecular flexibility index (Phi) is 5.25. The third-order valence-corrected chi connectivity index (χ3v) is 4.53. The first-order valence-electron chi connectivity index (χ1n) is 8.38. The number of aromatic nitrogens is 2. The minimum Gasteiger partial charge on any atom is -0.438 e. The number of halogens is 1. The van der Waals surface area contributed by atoms with Gasteiger partial charge in [0, 0.05) is 28.0 Å². The molecule has 0 fully saturated rings. The Hall–Kier alpha value is -2.43. The fourth-order valence-corrected chi connectivity index (χ4v) is 3.38. The normalized spacial score (nSPS) is 10.8. The van der Waals surface area contributed by atoms with Crippen molar-refractivity contribution in [2.45, 2.75) is 34.3 Å². The van der Waals surface area contributed by atoms with Crippen molar-refractivity contribution >= 4 is 11.6 Å². The molecule has 0 saturated carbocycles. The molecule has 0 unspecified atom stereocenters. The van der Waals surface area contributed by atoms with Crippen molar-refractivity contribution in [1.82, 2.24) is 9.97 Å². The number of pyridine rings is 2. The third-order valence-electron chi connectivity index (χ3n) is 4.31. The van der Waals surface area contributed by atoms with Gasteiger partial charge in [-0.2, -0.15) is 0 Å². The SMILES string of the molecule is Cc1cc(-c2cccnc2CO)c(C)c(Oc2c(C)cc(Cl)cc2C)n1. The van der Waals surface area contributed by atoms with Gasteiger partial charge >= 0.3 is 0 Å². The molecular formula is C21H21ClN2O2. The van der Waals surface area contributed by atoms with Crippen molar-refractivity contribution < 1.29 is 9.84 Å². The van der Waals surface area contributed by atoms with Crippen molar-refractivity contribution in [3.8, 4) is 22.8 Å². The van der Waals surface area contributed by atoms with Crippen molar-refractivity contribution in [2.24, 2.45) is 0 Å². The molecule has 0 spiro atoms. The highest BCUT2D eigenvalue weighted by Gasteiger charge is 2.16. The lowest BCUT2D eigenvalue weighted by Gasteiger charge is -2.17. The molecule has 4 nitrogen and oxygen atoms in total. The van der Waals surface area contributed by atoms with Gasteiger partial charge in [0.2, 0.25) is 5.88 Å². The molecule has 0 radical (unpaired) electrons. The summed E-state index contributed by atoms with van der Waals surface area (Å²) in [5.74, 6) is 1.30. The molecule has 0 aliphatic heterocycles. The summed E-state index contributed by atoms with van der Waals surface area (Å²) in [6.07, 6.45) is 1.68. The Morgan fingerprint density at radius 1 is 1.04 bits per heavy atom. The minimum atomic E-state index is -0.122. The van der Waals surface area contributed by atoms with E-state index in [9.17, 15) is 5.11 Å². The molecule has 0 amide bonds. The summed E-state index contributed by atoms with van der Waals surface area (Å²) < 4.78 is 6.19. The number of aliphatic hydroxyl groups is 1. The van der Waals surface area contributed by atoms with Crippen LogP contribution < -0.4 is 4.74 Å². The van der Waals surface area contributed by atoms with E-state index in [1.165, 1.54) is 0 Å². The maximum Gasteiger partial charge on any atom is 0.223 e. The molecule has 134 valence electrons. The highest BCUT2D eigenvalue weighted by Crippen LogP contribution is 2.36. The Morgan fingerprint density at radius 3 is 2.38 bits per heavy atom. The van der Waals surface area contributed by atoms with Crippen LogP contribution in [0.3, 0.4) is 0 Å². The first-order valence-corrected chi connectivity index (χ1v) is 8.76. The second-order valence-corrected chi connectivity index (χ2v) is 6.80. The number of nitrogens with zero attached hydrogens (tertiary/aromatic N) is 2. The summed E-state index contributed by atoms with van der Waals surface area (Å²) in [5, 5.41) is 10.3. The molecule has 1 N–H and O–H groups in total. The van der Waals surface area contributed by atoms with E-state index in [-0.39, 0.29) is 6.61 Å². The van der Waals surface area contributed by atoms with Crippen LogP contribution in [0, 0.1) is 27.7 Å². The van der Waals surface area contributed by atoms with Gasteiger partial charge in [-0.1, -0.05) is 17.7 Å². The molecule has 3 rings (SSSR count). The lowest BCUT2D eigenvalue weighted by Crippen LogP contribution is -2.01. The van der Waals surface area contributed by atoms with E-state index < -0.39 is 0 Å². The van der Waals surface area contributed by atoms with Gasteiger partial charge in [0.25, 0.3) is 0 Å². The van der Waals surface area contributed by atoms with Crippen LogP contribution in [0.4, 0.5) is 0 Å². The number of rotatable bonds is 4. The van der Waals surface area contributed by atoms with Gasteiger partial charge in [-0.3, -0.25) is 4.98 Å². The number of hydrogen-bond acceptors (Lipinski definition) is 4. The highest BCUT2D eigenvalue weighted by atomic mass is 35.5. The van der Waals surface area contributed by atoms with E-state index in [2.05, 4.69) is 9.97 Å². The first kappa shape index (κ1) is 18.4. The van der Waals surface area contributed by atoms with Crippen LogP contribution in [-0.2, 0) is 6.61 Å². The predicted molar refractivity (Wildman–Crippen MR) is 104 cm³/mol. The van der Waals surface area contributed by atoms with Gasteiger partial charge in [0.15, 0.2) is 0 Å². The van der Waals surface area contributed by atoms with Gasteiger partial charge in [-0.15, -0.1) is 0 Å². The average molecular weight is 369 g/mol. The first-order chi connectivity index (χ1) is 12.4. The number of ether oxygens (including phenoxy) is 1. The van der Waals surface area contributed by atoms with Gasteiger partial charge < -0.3 is 9.84 Å². The predicted octanol–water partition coefficient (Wildman–Crippen LogP) is 5.32. The number of aryl methyl sites for hydroxylation is 3. The van der Waals surface area contributed by atoms with Gasteiger partial charge in [0.1, 0.15) is 5.75 Å². The molecule has 3 aromatic rings. The summed E-state index contributed by atoms with van der Waals surface area (Å²) in [6.45, 7) is 7.69. The molecule has 0 aliphatic rings. The van der Waals surface area contributed by atoms with Crippen molar-refractivity contribution in [1.29, 1.82) is 0 Å². The molecule has 0 bridgehead atoms. The van der Waals surface area contributed by atoms with E-state index in [4.69, 9.17) is 16.3 Å². The number of aliphatic hydroxyl groups excluding tert-OH is 1. The van der Waals surface area contributed by atoms with Crippen LogP contribution in [0.1, 0.15) is 28.1 Å². The zero-order chi connectivity index (χ0) is 18.8. The van der Waals surface area contributed by atoms with Gasteiger partial charge in [0.05, 0.1) is 12.3 Å². The minimum absolute atomic E-state index is 0.122. The largest absolute Gasteiger partial charge is 0.438 e. The van der Waals surface area contributed by atoms with Crippen LogP contribution in [0.2, 0.25) is 5.02 Å². The van der Waals surface area contributed by atoms with Crippen molar-refractivity contribution in [2.75, 3.05) is 0 Å². The van der Waals surface area contributed by atoms with Crippen LogP contribution in [0.25, 0.3) is 11.1 Å². The van der Waals surface area contributed by atoms with Crippen molar-refractivity contribution in [3.05, 3.63) is 69.6 Å². The Labute approximate surface area is 158 Å². The Bertz CT molecular complexity index is 947. The zero-order valence-corrected chi connectivity index (χ0v) is 16.1. The van der Waals surface area contributed by atoms with E-state index in [0.29, 0.717) is 16.6 Å². The topological polar surface area (TPSA) is 55.2 Å². The maximum atomic E-state index is 9.62. The molecule has 26 heavy (non-hydrogen) atoms. The smallest absolute Gasteiger partial charge is 0.223 e. The van der Waals surface area contributed by atoms with Crippen LogP contribution in [0.15, 0.2) is 36.5 Å². The maximum absolute atomic E-state index is 9.62. The van der Waals surface area contributed by atoms with Crippen LogP contribution in [-0.4, -0.2) is 15.1 Å². The van der Waals surface area contributed by atoms with Crippen LogP contribution >= 0.6 is 11.6 Å². The molecule has 0 atom stereocenters. The third kappa shape index (κ3) is 3.57. The summed E-state index contributed by atoms with van der Waals surface area (Å²) in [5.41, 5.74) is 6.10. The molecule has 2 heterocycles. The standard InChI is InChI=1S/C21H21ClN2O2/c1-12-8-16(22)9-13(2)20(12)26-21-15(4)18(10-14(3)24-21)17-6-5-7-23-19(17)11-25/h5-10,25H,11H2,1-4H3. The zero-order valence-electron chi connectivity index (χ0n) is 15.3. The Morgan fingerprint density at radius 2 is 1.73 bits per heavy atom. The summed E-state index contributed by atoms with van der Waals surface area (Å²) >= 11 is 6.12. The highest BCUT2D eigenvalue weighted by molar-refractivity contribution is 6.30. The molecule has 0 saturated heterocycles. The van der Waals surface area contributed by atoms with Gasteiger partial charge in [-0.25, -0.2) is 4.98 Å². The van der Waals surface area contributed by atoms with E-state index in [1.54, 1.807) is 6.20 Å². The summed E-state index contributed by atoms with van der Waals surface area (Å²) in [4.78, 5) is 8.85. The fourth-order valence-electron chi connectivity index (χ4n) is 3.05. The average Bonchev–Trinajstić information content (AvgIpc) is 2.60. The molecular weight excluding hydrogens is 348 g/mol. The second-order valence-electron chi connectivity index (χ2n) is 6.37. The lowest BCUT2D eigenvalue weighted by atomic mass is 9.99. The van der Waals surface area contributed by atoms with E-state index in [1.807, 2.05) is 58.0 Å². The molecule has 2 aromatic heterocycles.